The molecule has 3 N–H and O–H groups in total. The number of likely N-dealkylation sites (N-methyl/N-ethyl adjacent to an activating group) is 1. The summed E-state index contributed by atoms with van der Waals surface area (Å²) in [4.78, 5) is 27.3. The number of carbonyl (C=O) groups is 2. The number of carboxylic acid groups (broad SMARTS) is 1. The van der Waals surface area contributed by atoms with Crippen molar-refractivity contribution in [3.05, 3.63) is 63.6 Å². The molecule has 1 aliphatic rings. The summed E-state index contributed by atoms with van der Waals surface area (Å²) >= 11 is 12.0. The highest BCUT2D eigenvalue weighted by Gasteiger charge is 2.38. The first-order valence-corrected chi connectivity index (χ1v) is 14.4. The van der Waals surface area contributed by atoms with E-state index in [4.69, 9.17) is 33.1 Å². The molecule has 3 rings (SSSR count). The lowest BCUT2D eigenvalue weighted by Gasteiger charge is -2.17. The minimum atomic E-state index is -5.08. The fourth-order valence-electron chi connectivity index (χ4n) is 3.46. The van der Waals surface area contributed by atoms with E-state index in [2.05, 4.69) is 27.8 Å². The molecular formula is C25H29Cl2F3N4O5S. The lowest BCUT2D eigenvalue weighted by molar-refractivity contribution is -0.192. The summed E-state index contributed by atoms with van der Waals surface area (Å²) in [7, 11) is -1.89. The van der Waals surface area contributed by atoms with Crippen molar-refractivity contribution in [3.8, 4) is 0 Å². The summed E-state index contributed by atoms with van der Waals surface area (Å²) in [6.07, 6.45) is -3.46. The van der Waals surface area contributed by atoms with Gasteiger partial charge in [0.2, 0.25) is 5.91 Å². The Balaban J connectivity index is 0.000000708. The summed E-state index contributed by atoms with van der Waals surface area (Å²) < 4.78 is 56.7. The Morgan fingerprint density at radius 1 is 1.12 bits per heavy atom. The van der Waals surface area contributed by atoms with Crippen LogP contribution in [0.1, 0.15) is 24.0 Å². The van der Waals surface area contributed by atoms with Gasteiger partial charge in [0.25, 0.3) is 0 Å². The number of halogens is 5. The summed E-state index contributed by atoms with van der Waals surface area (Å²) in [6.45, 7) is 2.69. The fraction of sp³-hybridized carbons (Fsp3) is 0.400. The first kappa shape index (κ1) is 33.3. The second-order valence-corrected chi connectivity index (χ2v) is 11.4. The number of benzene rings is 2. The van der Waals surface area contributed by atoms with Crippen LogP contribution < -0.4 is 10.6 Å². The molecule has 0 aliphatic carbocycles. The van der Waals surface area contributed by atoms with Crippen LogP contribution in [0, 0.1) is 0 Å². The van der Waals surface area contributed by atoms with Gasteiger partial charge in [0.05, 0.1) is 16.6 Å². The van der Waals surface area contributed by atoms with Crippen molar-refractivity contribution in [1.82, 2.24) is 15.5 Å². The second-order valence-electron chi connectivity index (χ2n) is 8.64. The highest BCUT2D eigenvalue weighted by Crippen LogP contribution is 2.29. The Bertz CT molecular complexity index is 1290. The van der Waals surface area contributed by atoms with E-state index in [0.717, 1.165) is 36.5 Å². The molecule has 1 heterocycles. The van der Waals surface area contributed by atoms with Crippen molar-refractivity contribution in [2.45, 2.75) is 30.3 Å². The first-order chi connectivity index (χ1) is 18.7. The third-order valence-corrected chi connectivity index (χ3v) is 8.07. The molecule has 0 saturated heterocycles. The van der Waals surface area contributed by atoms with Crippen LogP contribution >= 0.6 is 23.2 Å². The zero-order valence-electron chi connectivity index (χ0n) is 21.5. The summed E-state index contributed by atoms with van der Waals surface area (Å²) in [5.41, 5.74) is 2.23. The van der Waals surface area contributed by atoms with Gasteiger partial charge in [-0.2, -0.15) is 13.2 Å². The second kappa shape index (κ2) is 15.2. The molecule has 2 aromatic rings. The van der Waals surface area contributed by atoms with Crippen LogP contribution in [0.2, 0.25) is 10.0 Å². The van der Waals surface area contributed by atoms with Gasteiger partial charge >= 0.3 is 12.1 Å². The number of carbonyl (C=O) groups excluding carboxylic acids is 1. The van der Waals surface area contributed by atoms with Gasteiger partial charge in [-0.25, -0.2) is 13.2 Å². The molecule has 0 atom stereocenters. The number of hydrogen-bond donors (Lipinski definition) is 3. The molecular weight excluding hydrogens is 596 g/mol. The Kier molecular flexibility index (Phi) is 12.7. The van der Waals surface area contributed by atoms with Crippen molar-refractivity contribution in [3.63, 3.8) is 0 Å². The van der Waals surface area contributed by atoms with E-state index < -0.39 is 22.0 Å². The molecule has 9 nitrogen and oxygen atoms in total. The lowest BCUT2D eigenvalue weighted by Crippen LogP contribution is -2.30. The van der Waals surface area contributed by atoms with Crippen LogP contribution in [-0.2, 0) is 25.8 Å². The number of aliphatic imine (C=N–C) groups is 1. The summed E-state index contributed by atoms with van der Waals surface area (Å²) in [5.74, 6) is -2.09. The van der Waals surface area contributed by atoms with E-state index in [1.54, 1.807) is 18.0 Å². The molecule has 0 fully saturated rings. The number of rotatable bonds is 11. The number of nitrogens with one attached hydrogen (secondary N) is 2. The van der Waals surface area contributed by atoms with E-state index in [0.29, 0.717) is 25.9 Å². The van der Waals surface area contributed by atoms with E-state index in [1.807, 2.05) is 12.1 Å². The molecule has 0 unspecified atom stereocenters. The maximum absolute atomic E-state index is 12.5. The number of amides is 1. The van der Waals surface area contributed by atoms with Crippen LogP contribution in [-0.4, -0.2) is 81.4 Å². The van der Waals surface area contributed by atoms with Gasteiger partial charge in [0.15, 0.2) is 9.84 Å². The smallest absolute Gasteiger partial charge is 0.475 e. The van der Waals surface area contributed by atoms with Gasteiger partial charge in [-0.15, -0.1) is 0 Å². The van der Waals surface area contributed by atoms with Crippen LogP contribution in [0.25, 0.3) is 0 Å². The molecule has 40 heavy (non-hydrogen) atoms. The van der Waals surface area contributed by atoms with E-state index in [9.17, 15) is 26.4 Å². The van der Waals surface area contributed by atoms with E-state index in [1.165, 1.54) is 12.1 Å². The number of alkyl halides is 3. The summed E-state index contributed by atoms with van der Waals surface area (Å²) in [5, 5.41) is 13.4. The third kappa shape index (κ3) is 10.6. The summed E-state index contributed by atoms with van der Waals surface area (Å²) in [6, 6.07) is 12.8. The van der Waals surface area contributed by atoms with Crippen molar-refractivity contribution in [1.29, 1.82) is 0 Å². The molecule has 0 bridgehead atoms. The van der Waals surface area contributed by atoms with Crippen LogP contribution in [0.15, 0.2) is 52.4 Å². The first-order valence-electron chi connectivity index (χ1n) is 12.0. The standard InChI is InChI=1S/C23H28Cl2N4O3S.C2HF3O2/c1-29(15-11-17-7-9-18(10-8-17)23-27-13-14-28-23)21(30)6-3-12-26-16-33(31,32)22-19(24)4-2-5-20(22)25;3-2(4,5)1(6)7/h2,4-5,7-10,26H,3,6,11-16H2,1H3,(H,27,28);(H,6,7). The predicted molar refractivity (Wildman–Crippen MR) is 147 cm³/mol. The molecule has 0 radical (unpaired) electrons. The van der Waals surface area contributed by atoms with Gasteiger partial charge in [-0.3, -0.25) is 9.79 Å². The third-order valence-electron chi connectivity index (χ3n) is 5.57. The van der Waals surface area contributed by atoms with Crippen molar-refractivity contribution in [2.75, 3.05) is 39.1 Å². The van der Waals surface area contributed by atoms with Gasteiger partial charge in [-0.1, -0.05) is 53.5 Å². The monoisotopic (exact) mass is 624 g/mol. The maximum Gasteiger partial charge on any atom is 0.490 e. The molecule has 0 aromatic heterocycles. The molecule has 0 spiro atoms. The molecule has 2 aromatic carbocycles. The zero-order chi connectivity index (χ0) is 29.9. The predicted octanol–water partition coefficient (Wildman–Crippen LogP) is 3.78. The molecule has 15 heteroatoms. The average Bonchev–Trinajstić information content (AvgIpc) is 3.42. The Morgan fingerprint density at radius 3 is 2.25 bits per heavy atom. The van der Waals surface area contributed by atoms with E-state index in [-0.39, 0.29) is 26.7 Å². The van der Waals surface area contributed by atoms with Crippen molar-refractivity contribution >= 4 is 50.8 Å². The largest absolute Gasteiger partial charge is 0.490 e. The number of amidine groups is 1. The number of hydrogen-bond acceptors (Lipinski definition) is 7. The Morgan fingerprint density at radius 2 is 1.73 bits per heavy atom. The Hall–Kier alpha value is -2.87. The minimum Gasteiger partial charge on any atom is -0.475 e. The van der Waals surface area contributed by atoms with E-state index >= 15 is 0 Å². The highest BCUT2D eigenvalue weighted by atomic mass is 35.5. The number of sulfone groups is 1. The van der Waals surface area contributed by atoms with Crippen LogP contribution in [0.5, 0.6) is 0 Å². The minimum absolute atomic E-state index is 0.0231. The quantitative estimate of drug-likeness (QED) is 0.325. The van der Waals surface area contributed by atoms with Gasteiger partial charge < -0.3 is 20.6 Å². The number of aliphatic carboxylic acids is 1. The number of carboxylic acids is 1. The number of nitrogens with zero attached hydrogens (tertiary/aromatic N) is 2. The van der Waals surface area contributed by atoms with Crippen molar-refractivity contribution in [2.24, 2.45) is 4.99 Å². The Labute approximate surface area is 240 Å². The van der Waals surface area contributed by atoms with Crippen molar-refractivity contribution < 1.29 is 36.3 Å². The van der Waals surface area contributed by atoms with Crippen LogP contribution in [0.4, 0.5) is 13.2 Å². The fourth-order valence-corrected chi connectivity index (χ4v) is 5.85. The average molecular weight is 625 g/mol. The zero-order valence-corrected chi connectivity index (χ0v) is 23.8. The molecule has 1 amide bonds. The maximum atomic E-state index is 12.5. The molecule has 1 aliphatic heterocycles. The van der Waals surface area contributed by atoms with Gasteiger partial charge in [-0.05, 0) is 37.1 Å². The molecule has 220 valence electrons. The van der Waals surface area contributed by atoms with Gasteiger partial charge in [0.1, 0.15) is 16.6 Å². The van der Waals surface area contributed by atoms with Crippen LogP contribution in [0.3, 0.4) is 0 Å². The lowest BCUT2D eigenvalue weighted by atomic mass is 10.1. The topological polar surface area (TPSA) is 128 Å². The normalized spacial score (nSPS) is 13.1. The van der Waals surface area contributed by atoms with Gasteiger partial charge in [0, 0.05) is 32.1 Å². The SMILES string of the molecule is CN(CCc1ccc(C2=NCCN2)cc1)C(=O)CCCNCS(=O)(=O)c1c(Cl)cccc1Cl.O=C(O)C(F)(F)F. The highest BCUT2D eigenvalue weighted by molar-refractivity contribution is 7.91. The molecule has 0 saturated carbocycles.